The van der Waals surface area contributed by atoms with Gasteiger partial charge < -0.3 is 24.4 Å². The van der Waals surface area contributed by atoms with E-state index in [1.807, 2.05) is 44.2 Å². The largest absolute Gasteiger partial charge is 0.465 e. The Morgan fingerprint density at radius 2 is 1.88 bits per heavy atom. The summed E-state index contributed by atoms with van der Waals surface area (Å²) in [5.41, 5.74) is -1.02. The van der Waals surface area contributed by atoms with E-state index in [1.54, 1.807) is 22.0 Å². The summed E-state index contributed by atoms with van der Waals surface area (Å²) in [6.07, 6.45) is 8.46. The van der Waals surface area contributed by atoms with Gasteiger partial charge in [0.15, 0.2) is 0 Å². The second kappa shape index (κ2) is 13.3. The predicted octanol–water partition coefficient (Wildman–Crippen LogP) is 4.27. The monoisotopic (exact) mass is 566 g/mol. The molecule has 0 aromatic heterocycles. The molecule has 0 radical (unpaired) electrons. The first kappa shape index (κ1) is 31.0. The molecular formula is C33H46N2O6. The molecule has 3 aliphatic rings. The number of carbonyl (C=O) groups excluding carboxylic acids is 3. The van der Waals surface area contributed by atoms with E-state index >= 15 is 0 Å². The summed E-state index contributed by atoms with van der Waals surface area (Å²) in [6, 6.07) is 8.92. The molecule has 4 rings (SSSR count). The van der Waals surface area contributed by atoms with Crippen molar-refractivity contribution >= 4 is 17.8 Å². The first-order valence-electron chi connectivity index (χ1n) is 15.1. The van der Waals surface area contributed by atoms with Gasteiger partial charge in [0.2, 0.25) is 11.8 Å². The molecule has 1 N–H and O–H groups in total. The van der Waals surface area contributed by atoms with Crippen LogP contribution in [0, 0.1) is 17.8 Å². The summed E-state index contributed by atoms with van der Waals surface area (Å²) >= 11 is 0. The minimum Gasteiger partial charge on any atom is -0.465 e. The van der Waals surface area contributed by atoms with Gasteiger partial charge in [0, 0.05) is 26.2 Å². The molecule has 3 unspecified atom stereocenters. The molecule has 3 fully saturated rings. The number of fused-ring (bicyclic) bond motifs is 1. The normalized spacial score (nSPS) is 29.8. The third kappa shape index (κ3) is 5.86. The van der Waals surface area contributed by atoms with Gasteiger partial charge >= 0.3 is 5.97 Å². The molecule has 6 atom stereocenters. The lowest BCUT2D eigenvalue weighted by Gasteiger charge is -2.37. The van der Waals surface area contributed by atoms with Gasteiger partial charge in [0.1, 0.15) is 17.6 Å². The zero-order valence-corrected chi connectivity index (χ0v) is 24.6. The zero-order chi connectivity index (χ0) is 29.6. The number of unbranched alkanes of at least 4 members (excludes halogenated alkanes) is 4. The SMILES string of the molecule is C=CCCCOC(=O)[C@H]1[C@H]2C(=O)N(CCCCCCO)C(C(=O)N(CC=C)Cc3ccccc3)C23CC(C)[C@]1(C)O3. The Labute approximate surface area is 244 Å². The third-order valence-corrected chi connectivity index (χ3v) is 9.28. The first-order chi connectivity index (χ1) is 19.7. The van der Waals surface area contributed by atoms with E-state index < -0.39 is 35.0 Å². The van der Waals surface area contributed by atoms with Crippen LogP contribution in [0.5, 0.6) is 0 Å². The van der Waals surface area contributed by atoms with E-state index in [1.165, 1.54) is 0 Å². The molecule has 1 spiro atoms. The highest BCUT2D eigenvalue weighted by Crippen LogP contribution is 2.65. The number of hydrogen-bond acceptors (Lipinski definition) is 6. The molecule has 41 heavy (non-hydrogen) atoms. The Kier molecular flexibility index (Phi) is 10.1. The van der Waals surface area contributed by atoms with Crippen molar-refractivity contribution in [1.29, 1.82) is 0 Å². The molecule has 2 bridgehead atoms. The number of benzene rings is 1. The summed E-state index contributed by atoms with van der Waals surface area (Å²) in [7, 11) is 0. The molecule has 224 valence electrons. The van der Waals surface area contributed by atoms with Crippen molar-refractivity contribution in [3.63, 3.8) is 0 Å². The van der Waals surface area contributed by atoms with E-state index in [-0.39, 0.29) is 30.9 Å². The quantitative estimate of drug-likeness (QED) is 0.182. The highest BCUT2D eigenvalue weighted by molar-refractivity contribution is 5.98. The summed E-state index contributed by atoms with van der Waals surface area (Å²) in [5.74, 6) is -2.40. The van der Waals surface area contributed by atoms with E-state index in [9.17, 15) is 19.5 Å². The predicted molar refractivity (Wildman–Crippen MR) is 156 cm³/mol. The van der Waals surface area contributed by atoms with Crippen molar-refractivity contribution in [2.24, 2.45) is 17.8 Å². The summed E-state index contributed by atoms with van der Waals surface area (Å²) < 4.78 is 12.5. The lowest BCUT2D eigenvalue weighted by molar-refractivity contribution is -0.162. The van der Waals surface area contributed by atoms with Crippen LogP contribution in [0.15, 0.2) is 55.6 Å². The number of esters is 1. The number of likely N-dealkylation sites (tertiary alicyclic amines) is 1. The van der Waals surface area contributed by atoms with Gasteiger partial charge in [-0.2, -0.15) is 0 Å². The number of nitrogens with zero attached hydrogens (tertiary/aromatic N) is 2. The smallest absolute Gasteiger partial charge is 0.312 e. The fraction of sp³-hybridized carbons (Fsp3) is 0.606. The third-order valence-electron chi connectivity index (χ3n) is 9.28. The molecule has 2 amide bonds. The van der Waals surface area contributed by atoms with Crippen LogP contribution < -0.4 is 0 Å². The Hall–Kier alpha value is -2.97. The molecular weight excluding hydrogens is 520 g/mol. The van der Waals surface area contributed by atoms with E-state index in [2.05, 4.69) is 13.2 Å². The van der Waals surface area contributed by atoms with Gasteiger partial charge in [-0.05, 0) is 50.5 Å². The zero-order valence-electron chi connectivity index (χ0n) is 24.6. The lowest BCUT2D eigenvalue weighted by Crippen LogP contribution is -2.56. The van der Waals surface area contributed by atoms with Crippen LogP contribution in [-0.2, 0) is 30.4 Å². The van der Waals surface area contributed by atoms with Crippen molar-refractivity contribution in [2.75, 3.05) is 26.3 Å². The maximum absolute atomic E-state index is 14.5. The van der Waals surface area contributed by atoms with E-state index in [4.69, 9.17) is 9.47 Å². The standard InChI is InChI=1S/C33H46N2O6/c1-5-7-15-21-40-31(39)27-26-29(37)35(19-13-8-9-14-20-36)28(33(26)22-24(3)32(27,4)41-33)30(38)34(18-6-2)23-25-16-11-10-12-17-25/h5-6,10-12,16-17,24,26-28,36H,1-2,7-9,13-15,18-23H2,3-4H3/t24?,26-,27+,28?,32-,33?/m0/s1. The summed E-state index contributed by atoms with van der Waals surface area (Å²) in [4.78, 5) is 45.8. The molecule has 8 heteroatoms. The molecule has 0 aliphatic carbocycles. The lowest BCUT2D eigenvalue weighted by atomic mass is 9.62. The van der Waals surface area contributed by atoms with E-state index in [0.717, 1.165) is 24.8 Å². The maximum atomic E-state index is 14.5. The van der Waals surface area contributed by atoms with Crippen LogP contribution >= 0.6 is 0 Å². The highest BCUT2D eigenvalue weighted by Gasteiger charge is 2.80. The topological polar surface area (TPSA) is 96.4 Å². The van der Waals surface area contributed by atoms with Crippen LogP contribution in [-0.4, -0.2) is 76.2 Å². The number of ether oxygens (including phenoxy) is 2. The maximum Gasteiger partial charge on any atom is 0.312 e. The van der Waals surface area contributed by atoms with E-state index in [0.29, 0.717) is 45.3 Å². The fourth-order valence-electron chi connectivity index (χ4n) is 7.22. The Bertz CT molecular complexity index is 1110. The van der Waals surface area contributed by atoms with Crippen LogP contribution in [0.4, 0.5) is 0 Å². The molecule has 3 aliphatic heterocycles. The molecule has 0 saturated carbocycles. The van der Waals surface area contributed by atoms with Crippen LogP contribution in [0.1, 0.15) is 64.4 Å². The molecule has 3 saturated heterocycles. The number of hydrogen-bond donors (Lipinski definition) is 1. The van der Waals surface area contributed by atoms with Crippen molar-refractivity contribution in [1.82, 2.24) is 9.80 Å². The van der Waals surface area contributed by atoms with Gasteiger partial charge in [-0.3, -0.25) is 14.4 Å². The number of rotatable bonds is 16. The van der Waals surface area contributed by atoms with Gasteiger partial charge in [0.25, 0.3) is 0 Å². The first-order valence-corrected chi connectivity index (χ1v) is 15.1. The average Bonchev–Trinajstić information content (AvgIpc) is 3.47. The number of aliphatic hydroxyl groups is 1. The second-order valence-corrected chi connectivity index (χ2v) is 12.0. The number of aliphatic hydroxyl groups excluding tert-OH is 1. The van der Waals surface area contributed by atoms with Gasteiger partial charge in [-0.25, -0.2) is 0 Å². The van der Waals surface area contributed by atoms with Gasteiger partial charge in [-0.15, -0.1) is 13.2 Å². The molecule has 3 heterocycles. The van der Waals surface area contributed by atoms with Crippen molar-refractivity contribution in [3.05, 3.63) is 61.2 Å². The molecule has 1 aromatic carbocycles. The highest BCUT2D eigenvalue weighted by atomic mass is 16.6. The second-order valence-electron chi connectivity index (χ2n) is 12.0. The number of carbonyl (C=O) groups is 3. The minimum absolute atomic E-state index is 0.0425. The molecule has 1 aromatic rings. The molecule has 8 nitrogen and oxygen atoms in total. The van der Waals surface area contributed by atoms with Crippen LogP contribution in [0.3, 0.4) is 0 Å². The summed E-state index contributed by atoms with van der Waals surface area (Å²) in [6.45, 7) is 13.0. The Morgan fingerprint density at radius 3 is 2.56 bits per heavy atom. The van der Waals surface area contributed by atoms with Gasteiger partial charge in [0.05, 0.1) is 18.1 Å². The number of allylic oxidation sites excluding steroid dienone is 1. The Morgan fingerprint density at radius 1 is 1.15 bits per heavy atom. The number of amides is 2. The minimum atomic E-state index is -1.10. The fourth-order valence-corrected chi connectivity index (χ4v) is 7.22. The van der Waals surface area contributed by atoms with Gasteiger partial charge in [-0.1, -0.05) is 62.2 Å². The van der Waals surface area contributed by atoms with Crippen molar-refractivity contribution < 1.29 is 29.0 Å². The van der Waals surface area contributed by atoms with Crippen molar-refractivity contribution in [2.45, 2.75) is 82.6 Å². The average molecular weight is 567 g/mol. The Balaban J connectivity index is 1.68. The van der Waals surface area contributed by atoms with Crippen LogP contribution in [0.25, 0.3) is 0 Å². The van der Waals surface area contributed by atoms with Crippen molar-refractivity contribution in [3.8, 4) is 0 Å². The van der Waals surface area contributed by atoms with Crippen LogP contribution in [0.2, 0.25) is 0 Å². The summed E-state index contributed by atoms with van der Waals surface area (Å²) in [5, 5.41) is 9.18.